The van der Waals surface area contributed by atoms with E-state index in [1.807, 2.05) is 0 Å². The maximum absolute atomic E-state index is 10.6. The molecule has 7 atom stereocenters. The lowest BCUT2D eigenvalue weighted by atomic mass is 9.44. The van der Waals surface area contributed by atoms with Crippen LogP contribution < -0.4 is 0 Å². The van der Waals surface area contributed by atoms with Gasteiger partial charge in [0, 0.05) is 5.41 Å². The van der Waals surface area contributed by atoms with Gasteiger partial charge in [0.05, 0.1) is 6.10 Å². The Morgan fingerprint density at radius 1 is 1.06 bits per heavy atom. The molecule has 5 saturated carbocycles. The maximum atomic E-state index is 10.6. The lowest BCUT2D eigenvalue weighted by Crippen LogP contribution is -2.58. The molecule has 0 aliphatic heterocycles. The van der Waals surface area contributed by atoms with Crippen LogP contribution in [0.3, 0.4) is 0 Å². The van der Waals surface area contributed by atoms with Gasteiger partial charge in [-0.3, -0.25) is 0 Å². The number of hydrogen-bond donors (Lipinski definition) is 1. The van der Waals surface area contributed by atoms with Crippen LogP contribution in [-0.4, -0.2) is 11.2 Å². The molecule has 0 aromatic carbocycles. The number of aliphatic hydroxyl groups excluding tert-OH is 1. The third-order valence-corrected chi connectivity index (χ3v) is 7.73. The molecule has 0 aromatic heterocycles. The van der Waals surface area contributed by atoms with Crippen molar-refractivity contribution < 1.29 is 5.11 Å². The van der Waals surface area contributed by atoms with Crippen LogP contribution in [0.25, 0.3) is 0 Å². The average molecular weight is 220 g/mol. The molecule has 1 heteroatoms. The molecule has 5 aliphatic rings. The molecule has 1 unspecified atom stereocenters. The Bertz CT molecular complexity index is 364. The van der Waals surface area contributed by atoms with E-state index >= 15 is 0 Å². The zero-order valence-corrected chi connectivity index (χ0v) is 10.8. The third kappa shape index (κ3) is 0.749. The van der Waals surface area contributed by atoms with Crippen molar-refractivity contribution in [2.24, 2.45) is 34.0 Å². The zero-order valence-electron chi connectivity index (χ0n) is 10.8. The van der Waals surface area contributed by atoms with Gasteiger partial charge in [-0.15, -0.1) is 0 Å². The first kappa shape index (κ1) is 9.94. The third-order valence-electron chi connectivity index (χ3n) is 7.73. The predicted octanol–water partition coefficient (Wildman–Crippen LogP) is 3.22. The van der Waals surface area contributed by atoms with E-state index in [2.05, 4.69) is 20.8 Å². The molecule has 0 saturated heterocycles. The second-order valence-electron chi connectivity index (χ2n) is 7.87. The number of hydrogen-bond acceptors (Lipinski definition) is 1. The minimum Gasteiger partial charge on any atom is -0.393 e. The van der Waals surface area contributed by atoms with Crippen LogP contribution in [0.1, 0.15) is 52.9 Å². The van der Waals surface area contributed by atoms with Gasteiger partial charge in [0.2, 0.25) is 0 Å². The molecule has 5 fully saturated rings. The van der Waals surface area contributed by atoms with Gasteiger partial charge in [-0.1, -0.05) is 20.8 Å². The van der Waals surface area contributed by atoms with Crippen molar-refractivity contribution in [3.63, 3.8) is 0 Å². The standard InChI is InChI=1S/C15H24O/c1-9-4-5-12(16)15-7-11-10(6-14(9,15)3)13(11,2)8-15/h9-12,16H,4-8H2,1-3H3/t9-,10+,11?,12-,13+,14+,15-/m1/s1. The largest absolute Gasteiger partial charge is 0.393 e. The highest BCUT2D eigenvalue weighted by Gasteiger charge is 2.80. The average Bonchev–Trinajstić information content (AvgIpc) is 2.66. The maximum Gasteiger partial charge on any atom is 0.0602 e. The van der Waals surface area contributed by atoms with E-state index in [1.165, 1.54) is 25.7 Å². The normalized spacial score (nSPS) is 71.2. The van der Waals surface area contributed by atoms with Crippen molar-refractivity contribution in [1.29, 1.82) is 0 Å². The van der Waals surface area contributed by atoms with Crippen molar-refractivity contribution in [2.45, 2.75) is 59.0 Å². The lowest BCUT2D eigenvalue weighted by molar-refractivity contribution is -0.172. The van der Waals surface area contributed by atoms with Gasteiger partial charge < -0.3 is 5.11 Å². The smallest absolute Gasteiger partial charge is 0.0602 e. The quantitative estimate of drug-likeness (QED) is 0.664. The fraction of sp³-hybridized carbons (Fsp3) is 1.00. The highest BCUT2D eigenvalue weighted by molar-refractivity contribution is 5.28. The molecule has 0 heterocycles. The van der Waals surface area contributed by atoms with E-state index in [-0.39, 0.29) is 6.10 Å². The van der Waals surface area contributed by atoms with Gasteiger partial charge in [-0.25, -0.2) is 0 Å². The molecular weight excluding hydrogens is 196 g/mol. The van der Waals surface area contributed by atoms with Gasteiger partial charge >= 0.3 is 0 Å². The summed E-state index contributed by atoms with van der Waals surface area (Å²) in [6.07, 6.45) is 6.39. The topological polar surface area (TPSA) is 20.2 Å². The van der Waals surface area contributed by atoms with E-state index in [0.29, 0.717) is 16.2 Å². The van der Waals surface area contributed by atoms with Crippen LogP contribution in [-0.2, 0) is 0 Å². The number of rotatable bonds is 0. The fourth-order valence-electron chi connectivity index (χ4n) is 6.35. The highest BCUT2D eigenvalue weighted by Crippen LogP contribution is 2.86. The van der Waals surface area contributed by atoms with Crippen molar-refractivity contribution in [2.75, 3.05) is 0 Å². The first-order valence-corrected chi connectivity index (χ1v) is 7.12. The van der Waals surface area contributed by atoms with E-state index in [4.69, 9.17) is 0 Å². The molecule has 4 bridgehead atoms. The molecule has 0 radical (unpaired) electrons. The van der Waals surface area contributed by atoms with Gasteiger partial charge in [0.15, 0.2) is 0 Å². The summed E-state index contributed by atoms with van der Waals surface area (Å²) in [5.74, 6) is 2.80. The minimum atomic E-state index is -0.000671. The van der Waals surface area contributed by atoms with Gasteiger partial charge in [-0.2, -0.15) is 0 Å². The summed E-state index contributed by atoms with van der Waals surface area (Å²) in [7, 11) is 0. The Kier molecular flexibility index (Phi) is 1.48. The Morgan fingerprint density at radius 2 is 1.75 bits per heavy atom. The summed E-state index contributed by atoms with van der Waals surface area (Å²) < 4.78 is 0. The van der Waals surface area contributed by atoms with E-state index in [0.717, 1.165) is 24.2 Å². The van der Waals surface area contributed by atoms with Crippen molar-refractivity contribution >= 4 is 0 Å². The second-order valence-corrected chi connectivity index (χ2v) is 7.87. The monoisotopic (exact) mass is 220 g/mol. The van der Waals surface area contributed by atoms with Crippen LogP contribution in [0.15, 0.2) is 0 Å². The summed E-state index contributed by atoms with van der Waals surface area (Å²) >= 11 is 0. The summed E-state index contributed by atoms with van der Waals surface area (Å²) in [5, 5.41) is 10.6. The minimum absolute atomic E-state index is 0.000671. The molecule has 1 nitrogen and oxygen atoms in total. The summed E-state index contributed by atoms with van der Waals surface area (Å²) in [6.45, 7) is 7.42. The van der Waals surface area contributed by atoms with Crippen LogP contribution >= 0.6 is 0 Å². The molecule has 5 aliphatic carbocycles. The molecule has 5 rings (SSSR count). The Hall–Kier alpha value is -0.0400. The van der Waals surface area contributed by atoms with Crippen molar-refractivity contribution in [3.05, 3.63) is 0 Å². The van der Waals surface area contributed by atoms with Gasteiger partial charge in [-0.05, 0) is 60.7 Å². The molecule has 1 N–H and O–H groups in total. The molecular formula is C15H24O. The van der Waals surface area contributed by atoms with Crippen molar-refractivity contribution in [1.82, 2.24) is 0 Å². The Labute approximate surface area is 98.6 Å². The van der Waals surface area contributed by atoms with Crippen LogP contribution in [0.2, 0.25) is 0 Å². The predicted molar refractivity (Wildman–Crippen MR) is 63.9 cm³/mol. The van der Waals surface area contributed by atoms with Crippen LogP contribution in [0.5, 0.6) is 0 Å². The van der Waals surface area contributed by atoms with Crippen LogP contribution in [0, 0.1) is 34.0 Å². The first-order chi connectivity index (χ1) is 7.44. The summed E-state index contributed by atoms with van der Waals surface area (Å²) in [4.78, 5) is 0. The Balaban J connectivity index is 1.83. The lowest BCUT2D eigenvalue weighted by Gasteiger charge is -2.61. The van der Waals surface area contributed by atoms with Crippen molar-refractivity contribution in [3.8, 4) is 0 Å². The van der Waals surface area contributed by atoms with E-state index < -0.39 is 0 Å². The SMILES string of the molecule is C[C@@H]1CC[C@@H](O)[C@]23CC4[C@H](C[C@@]12C)[C@]4(C)C3. The Morgan fingerprint density at radius 3 is 2.38 bits per heavy atom. The molecule has 0 aromatic rings. The first-order valence-electron chi connectivity index (χ1n) is 7.12. The van der Waals surface area contributed by atoms with Crippen LogP contribution in [0.4, 0.5) is 0 Å². The van der Waals surface area contributed by atoms with Gasteiger partial charge in [0.1, 0.15) is 0 Å². The van der Waals surface area contributed by atoms with E-state index in [1.54, 1.807) is 0 Å². The molecule has 90 valence electrons. The summed E-state index contributed by atoms with van der Waals surface area (Å²) in [6, 6.07) is 0. The molecule has 0 amide bonds. The highest BCUT2D eigenvalue weighted by atomic mass is 16.3. The fourth-order valence-corrected chi connectivity index (χ4v) is 6.35. The second kappa shape index (κ2) is 2.39. The van der Waals surface area contributed by atoms with E-state index in [9.17, 15) is 5.11 Å². The number of aliphatic hydroxyl groups is 1. The summed E-state index contributed by atoms with van der Waals surface area (Å²) in [5.41, 5.74) is 1.39. The van der Waals surface area contributed by atoms with Gasteiger partial charge in [0.25, 0.3) is 0 Å². The molecule has 1 spiro atoms. The zero-order chi connectivity index (χ0) is 11.3. The molecule has 16 heavy (non-hydrogen) atoms.